The molecule has 6 atom stereocenters. The van der Waals surface area contributed by atoms with E-state index in [0.29, 0.717) is 69.0 Å². The largest absolute Gasteiger partial charge is 0.504 e. The third kappa shape index (κ3) is 5.59. The Morgan fingerprint density at radius 2 is 1.73 bits per heavy atom. The third-order valence-electron chi connectivity index (χ3n) is 12.1. The molecule has 1 spiro atoms. The summed E-state index contributed by atoms with van der Waals surface area (Å²) in [5.74, 6) is 1.58. The second kappa shape index (κ2) is 12.2. The number of benzene rings is 3. The molecular formula is C39H45F3N2O5. The second-order valence-electron chi connectivity index (χ2n) is 15.0. The van der Waals surface area contributed by atoms with Crippen LogP contribution in [0.4, 0.5) is 13.2 Å². The molecule has 262 valence electrons. The minimum atomic E-state index is -4.41. The molecule has 2 aliphatic heterocycles. The molecule has 2 saturated carbocycles. The zero-order valence-electron chi connectivity index (χ0n) is 27.6. The number of nitrogens with one attached hydrogen (secondary N) is 1. The number of piperidine rings is 1. The van der Waals surface area contributed by atoms with Gasteiger partial charge in [0.25, 0.3) is 0 Å². The molecule has 8 rings (SSSR count). The van der Waals surface area contributed by atoms with E-state index in [-0.39, 0.29) is 17.9 Å². The molecule has 5 aliphatic rings. The predicted octanol–water partition coefficient (Wildman–Crippen LogP) is 6.29. The Kier molecular flexibility index (Phi) is 8.17. The first-order valence-electron chi connectivity index (χ1n) is 17.8. The van der Waals surface area contributed by atoms with E-state index in [1.54, 1.807) is 6.07 Å². The van der Waals surface area contributed by atoms with E-state index < -0.39 is 34.5 Å². The van der Waals surface area contributed by atoms with Gasteiger partial charge in [-0.05, 0) is 118 Å². The molecule has 3 aromatic carbocycles. The molecule has 49 heavy (non-hydrogen) atoms. The highest BCUT2D eigenvalue weighted by Gasteiger charge is 2.75. The van der Waals surface area contributed by atoms with E-state index in [4.69, 9.17) is 9.47 Å². The van der Waals surface area contributed by atoms with Gasteiger partial charge in [-0.1, -0.05) is 36.4 Å². The Morgan fingerprint density at radius 3 is 2.47 bits per heavy atom. The van der Waals surface area contributed by atoms with E-state index in [9.17, 15) is 28.5 Å². The van der Waals surface area contributed by atoms with Gasteiger partial charge in [-0.3, -0.25) is 4.90 Å². The van der Waals surface area contributed by atoms with Gasteiger partial charge in [0.15, 0.2) is 11.5 Å². The molecule has 2 bridgehead atoms. The molecule has 1 saturated heterocycles. The third-order valence-corrected chi connectivity index (χ3v) is 12.1. The van der Waals surface area contributed by atoms with Crippen LogP contribution in [-0.2, 0) is 18.0 Å². The number of hydrogen-bond donors (Lipinski definition) is 4. The highest BCUT2D eigenvalue weighted by molar-refractivity contribution is 5.63. The molecule has 2 heterocycles. The van der Waals surface area contributed by atoms with Gasteiger partial charge in [-0.25, -0.2) is 0 Å². The molecule has 3 aromatic rings. The van der Waals surface area contributed by atoms with E-state index in [0.717, 1.165) is 48.3 Å². The zero-order valence-corrected chi connectivity index (χ0v) is 27.6. The van der Waals surface area contributed by atoms with Crippen LogP contribution in [0.25, 0.3) is 0 Å². The van der Waals surface area contributed by atoms with Crippen LogP contribution in [0.5, 0.6) is 17.2 Å². The van der Waals surface area contributed by atoms with Crippen molar-refractivity contribution < 1.29 is 38.0 Å². The standard InChI is InChI=1S/C39H45F3N2O5/c40-39(41,42)28-10-12-29(13-11-28)48-31(26-5-2-1-3-6-26)15-21-43-20-4-16-36(46)17-18-38(47)32-23-27-9-14-30(45)34-33(27)37(38,35(36)49-34)19-22-44(32)24-25-7-8-25/h1-3,5-6,9-14,25,31-32,35,43,45-47H,4,7-8,15-24H2/t31?,32-,35?,36+,37+,38-/m1/s1. The van der Waals surface area contributed by atoms with Gasteiger partial charge >= 0.3 is 6.18 Å². The van der Waals surface area contributed by atoms with Gasteiger partial charge in [-0.2, -0.15) is 13.2 Å². The van der Waals surface area contributed by atoms with Crippen molar-refractivity contribution in [3.05, 3.63) is 89.0 Å². The summed E-state index contributed by atoms with van der Waals surface area (Å²) in [5, 5.41) is 39.4. The first-order valence-corrected chi connectivity index (χ1v) is 17.8. The van der Waals surface area contributed by atoms with E-state index in [2.05, 4.69) is 10.2 Å². The number of phenols is 1. The van der Waals surface area contributed by atoms with Crippen molar-refractivity contribution in [3.8, 4) is 17.2 Å². The maximum Gasteiger partial charge on any atom is 0.416 e. The fourth-order valence-corrected chi connectivity index (χ4v) is 9.57. The van der Waals surface area contributed by atoms with Crippen LogP contribution in [0, 0.1) is 5.92 Å². The molecule has 3 fully saturated rings. The highest BCUT2D eigenvalue weighted by Crippen LogP contribution is 2.67. The van der Waals surface area contributed by atoms with Gasteiger partial charge in [-0.15, -0.1) is 0 Å². The van der Waals surface area contributed by atoms with Gasteiger partial charge < -0.3 is 30.1 Å². The van der Waals surface area contributed by atoms with Gasteiger partial charge in [0, 0.05) is 24.6 Å². The maximum atomic E-state index is 13.1. The average Bonchev–Trinajstić information content (AvgIpc) is 3.83. The van der Waals surface area contributed by atoms with Crippen molar-refractivity contribution in [1.82, 2.24) is 10.2 Å². The van der Waals surface area contributed by atoms with Crippen LogP contribution >= 0.6 is 0 Å². The summed E-state index contributed by atoms with van der Waals surface area (Å²) >= 11 is 0. The molecule has 7 nitrogen and oxygen atoms in total. The van der Waals surface area contributed by atoms with Crippen molar-refractivity contribution in [2.45, 2.75) is 98.8 Å². The SMILES string of the molecule is Oc1ccc2c3c1OC1[C@](O)(CCCNCCC(Oc4ccc(C(F)(F)F)cc4)c4ccccc4)CC[C@@]4(O)[C@@H](C2)N(CC2CC2)CC[C@]314. The zero-order chi connectivity index (χ0) is 34.0. The number of halogens is 3. The number of nitrogens with zero attached hydrogens (tertiary/aromatic N) is 1. The van der Waals surface area contributed by atoms with Crippen molar-refractivity contribution in [1.29, 1.82) is 0 Å². The number of alkyl halides is 3. The lowest BCUT2D eigenvalue weighted by atomic mass is 9.46. The molecule has 2 unspecified atom stereocenters. The lowest BCUT2D eigenvalue weighted by Gasteiger charge is -2.65. The number of rotatable bonds is 12. The summed E-state index contributed by atoms with van der Waals surface area (Å²) in [7, 11) is 0. The Labute approximate surface area is 285 Å². The molecular weight excluding hydrogens is 633 g/mol. The number of phenolic OH excluding ortho intramolecular Hbond substituents is 1. The summed E-state index contributed by atoms with van der Waals surface area (Å²) in [6.45, 7) is 3.08. The molecule has 0 amide bonds. The maximum absolute atomic E-state index is 13.1. The fourth-order valence-electron chi connectivity index (χ4n) is 9.57. The second-order valence-corrected chi connectivity index (χ2v) is 15.0. The number of ether oxygens (including phenoxy) is 2. The monoisotopic (exact) mass is 678 g/mol. The first kappa shape index (κ1) is 32.9. The van der Waals surface area contributed by atoms with Crippen LogP contribution in [0.1, 0.15) is 79.7 Å². The van der Waals surface area contributed by atoms with Crippen molar-refractivity contribution >= 4 is 0 Å². The average molecular weight is 679 g/mol. The van der Waals surface area contributed by atoms with Crippen molar-refractivity contribution in [2.24, 2.45) is 5.92 Å². The normalized spacial score (nSPS) is 30.8. The molecule has 0 radical (unpaired) electrons. The Balaban J connectivity index is 0.927. The van der Waals surface area contributed by atoms with Crippen LogP contribution in [0.15, 0.2) is 66.7 Å². The van der Waals surface area contributed by atoms with Crippen molar-refractivity contribution in [3.63, 3.8) is 0 Å². The molecule has 10 heteroatoms. The minimum Gasteiger partial charge on any atom is -0.504 e. The number of aliphatic hydroxyl groups is 2. The number of aromatic hydroxyl groups is 1. The lowest BCUT2D eigenvalue weighted by molar-refractivity contribution is -0.237. The smallest absolute Gasteiger partial charge is 0.416 e. The molecule has 0 aromatic heterocycles. The Hall–Kier alpha value is -3.31. The number of hydrogen-bond acceptors (Lipinski definition) is 7. The van der Waals surface area contributed by atoms with Crippen LogP contribution < -0.4 is 14.8 Å². The summed E-state index contributed by atoms with van der Waals surface area (Å²) in [5.41, 5.74) is -0.731. The van der Waals surface area contributed by atoms with Crippen LogP contribution in [0.2, 0.25) is 0 Å². The van der Waals surface area contributed by atoms with Gasteiger partial charge in [0.2, 0.25) is 0 Å². The summed E-state index contributed by atoms with van der Waals surface area (Å²) in [4.78, 5) is 2.49. The van der Waals surface area contributed by atoms with E-state index in [1.165, 1.54) is 25.0 Å². The predicted molar refractivity (Wildman–Crippen MR) is 178 cm³/mol. The van der Waals surface area contributed by atoms with Crippen LogP contribution in [-0.4, -0.2) is 69.7 Å². The highest BCUT2D eigenvalue weighted by atomic mass is 19.4. The fraction of sp³-hybridized carbons (Fsp3) is 0.538. The Morgan fingerprint density at radius 1 is 0.959 bits per heavy atom. The van der Waals surface area contributed by atoms with E-state index in [1.807, 2.05) is 36.4 Å². The summed E-state index contributed by atoms with van der Waals surface area (Å²) in [6, 6.07) is 18.0. The van der Waals surface area contributed by atoms with Crippen molar-refractivity contribution in [2.75, 3.05) is 26.2 Å². The first-order chi connectivity index (χ1) is 23.5. The Bertz CT molecular complexity index is 1670. The topological polar surface area (TPSA) is 94.4 Å². The quantitative estimate of drug-likeness (QED) is 0.168. The number of likely N-dealkylation sites (tertiary alicyclic amines) is 1. The van der Waals surface area contributed by atoms with Gasteiger partial charge in [0.1, 0.15) is 23.6 Å². The minimum absolute atomic E-state index is 0.0375. The summed E-state index contributed by atoms with van der Waals surface area (Å²) in [6.07, 6.45) is 1.14. The lowest BCUT2D eigenvalue weighted by Crippen LogP contribution is -2.79. The molecule has 3 aliphatic carbocycles. The molecule has 4 N–H and O–H groups in total. The van der Waals surface area contributed by atoms with Gasteiger partial charge in [0.05, 0.1) is 16.6 Å². The van der Waals surface area contributed by atoms with Crippen LogP contribution in [0.3, 0.4) is 0 Å². The summed E-state index contributed by atoms with van der Waals surface area (Å²) < 4.78 is 51.9. The van der Waals surface area contributed by atoms with E-state index >= 15 is 0 Å².